The second-order valence-electron chi connectivity index (χ2n) is 5.05. The zero-order valence-corrected chi connectivity index (χ0v) is 16.9. The van der Waals surface area contributed by atoms with Gasteiger partial charge in [-0.05, 0) is 13.0 Å². The molecule has 2 aromatic heterocycles. The SMILES string of the molecule is CCn1cnnc1CNC(=NC)N(C)Cc1cc(Cl)cn1C.I. The lowest BCUT2D eigenvalue weighted by Crippen LogP contribution is -2.38. The third-order valence-corrected chi connectivity index (χ3v) is 3.69. The molecule has 2 heterocycles. The highest BCUT2D eigenvalue weighted by Gasteiger charge is 2.11. The molecule has 0 amide bonds. The van der Waals surface area contributed by atoms with Crippen molar-refractivity contribution in [3.05, 3.63) is 35.1 Å². The lowest BCUT2D eigenvalue weighted by Gasteiger charge is -2.22. The Balaban J connectivity index is 0.00000264. The topological polar surface area (TPSA) is 63.3 Å². The summed E-state index contributed by atoms with van der Waals surface area (Å²) in [5, 5.41) is 12.1. The molecule has 0 aliphatic heterocycles. The van der Waals surface area contributed by atoms with Crippen LogP contribution in [0.3, 0.4) is 0 Å². The van der Waals surface area contributed by atoms with Gasteiger partial charge in [0.25, 0.3) is 0 Å². The van der Waals surface area contributed by atoms with E-state index in [-0.39, 0.29) is 24.0 Å². The van der Waals surface area contributed by atoms with Crippen molar-refractivity contribution in [3.63, 3.8) is 0 Å². The van der Waals surface area contributed by atoms with Gasteiger partial charge in [-0.1, -0.05) is 11.6 Å². The molecule has 0 aromatic carbocycles. The summed E-state index contributed by atoms with van der Waals surface area (Å²) in [6.07, 6.45) is 3.63. The molecule has 2 aromatic rings. The van der Waals surface area contributed by atoms with Gasteiger partial charge in [0.1, 0.15) is 6.33 Å². The van der Waals surface area contributed by atoms with Crippen molar-refractivity contribution >= 4 is 41.5 Å². The third-order valence-electron chi connectivity index (χ3n) is 3.49. The molecule has 0 spiro atoms. The quantitative estimate of drug-likeness (QED) is 0.430. The maximum Gasteiger partial charge on any atom is 0.194 e. The van der Waals surface area contributed by atoms with Crippen LogP contribution in [-0.2, 0) is 26.7 Å². The number of guanidine groups is 1. The van der Waals surface area contributed by atoms with E-state index in [4.69, 9.17) is 11.6 Å². The first-order valence-corrected chi connectivity index (χ1v) is 7.52. The Labute approximate surface area is 158 Å². The summed E-state index contributed by atoms with van der Waals surface area (Å²) in [7, 11) is 5.73. The highest BCUT2D eigenvalue weighted by Crippen LogP contribution is 2.14. The standard InChI is InChI=1S/C14H22ClN7.HI/c1-5-22-10-18-19-13(22)7-17-14(16-2)21(4)9-12-6-11(15)8-20(12)3;/h6,8,10H,5,7,9H2,1-4H3,(H,16,17);1H. The van der Waals surface area contributed by atoms with Gasteiger partial charge < -0.3 is 19.4 Å². The maximum atomic E-state index is 6.02. The molecule has 1 N–H and O–H groups in total. The second-order valence-corrected chi connectivity index (χ2v) is 5.49. The zero-order valence-electron chi connectivity index (χ0n) is 13.8. The fraction of sp³-hybridized carbons (Fsp3) is 0.500. The Kier molecular flexibility index (Phi) is 7.83. The smallest absolute Gasteiger partial charge is 0.194 e. The van der Waals surface area contributed by atoms with Crippen molar-refractivity contribution in [2.45, 2.75) is 26.6 Å². The number of hydrogen-bond acceptors (Lipinski definition) is 3. The average molecular weight is 452 g/mol. The highest BCUT2D eigenvalue weighted by molar-refractivity contribution is 14.0. The molecule has 0 radical (unpaired) electrons. The normalized spacial score (nSPS) is 11.3. The fourth-order valence-electron chi connectivity index (χ4n) is 2.26. The monoisotopic (exact) mass is 451 g/mol. The number of aliphatic imine (C=N–C) groups is 1. The van der Waals surface area contributed by atoms with Crippen LogP contribution in [0.1, 0.15) is 18.4 Å². The molecule has 0 saturated heterocycles. The van der Waals surface area contributed by atoms with Crippen LogP contribution < -0.4 is 5.32 Å². The van der Waals surface area contributed by atoms with Crippen LogP contribution in [0, 0.1) is 0 Å². The Hall–Kier alpha value is -1.29. The Morgan fingerprint density at radius 2 is 2.22 bits per heavy atom. The summed E-state index contributed by atoms with van der Waals surface area (Å²) in [5.41, 5.74) is 1.12. The summed E-state index contributed by atoms with van der Waals surface area (Å²) < 4.78 is 4.01. The Morgan fingerprint density at radius 1 is 1.48 bits per heavy atom. The van der Waals surface area contributed by atoms with Gasteiger partial charge >= 0.3 is 0 Å². The number of hydrogen-bond donors (Lipinski definition) is 1. The van der Waals surface area contributed by atoms with Crippen molar-refractivity contribution in [1.29, 1.82) is 0 Å². The van der Waals surface area contributed by atoms with E-state index in [1.54, 1.807) is 13.4 Å². The predicted molar refractivity (Wildman–Crippen MR) is 103 cm³/mol. The molecule has 0 atom stereocenters. The van der Waals surface area contributed by atoms with Crippen LogP contribution in [0.15, 0.2) is 23.6 Å². The predicted octanol–water partition coefficient (Wildman–Crippen LogP) is 2.12. The molecule has 128 valence electrons. The molecular formula is C14H23ClIN7. The molecule has 23 heavy (non-hydrogen) atoms. The van der Waals surface area contributed by atoms with Gasteiger partial charge in [-0.15, -0.1) is 34.2 Å². The van der Waals surface area contributed by atoms with Crippen molar-refractivity contribution in [2.24, 2.45) is 12.0 Å². The van der Waals surface area contributed by atoms with E-state index in [2.05, 4.69) is 27.4 Å². The average Bonchev–Trinajstić information content (AvgIpc) is 3.06. The molecule has 2 rings (SSSR count). The van der Waals surface area contributed by atoms with E-state index in [1.165, 1.54) is 0 Å². The van der Waals surface area contributed by atoms with Gasteiger partial charge in [0.15, 0.2) is 11.8 Å². The number of aromatic nitrogens is 4. The van der Waals surface area contributed by atoms with Crippen molar-refractivity contribution in [3.8, 4) is 0 Å². The van der Waals surface area contributed by atoms with Crippen molar-refractivity contribution in [1.82, 2.24) is 29.5 Å². The van der Waals surface area contributed by atoms with Gasteiger partial charge in [-0.25, -0.2) is 0 Å². The third kappa shape index (κ3) is 5.10. The molecule has 0 aliphatic rings. The first-order valence-electron chi connectivity index (χ1n) is 7.14. The largest absolute Gasteiger partial charge is 0.351 e. The van der Waals surface area contributed by atoms with Gasteiger partial charge in [-0.3, -0.25) is 4.99 Å². The van der Waals surface area contributed by atoms with Crippen LogP contribution >= 0.6 is 35.6 Å². The van der Waals surface area contributed by atoms with Gasteiger partial charge in [0.2, 0.25) is 0 Å². The van der Waals surface area contributed by atoms with Gasteiger partial charge in [0.05, 0.1) is 18.1 Å². The first kappa shape index (κ1) is 19.8. The number of halogens is 2. The molecule has 7 nitrogen and oxygen atoms in total. The van der Waals surface area contributed by atoms with Crippen LogP contribution in [0.25, 0.3) is 0 Å². The van der Waals surface area contributed by atoms with E-state index >= 15 is 0 Å². The fourth-order valence-corrected chi connectivity index (χ4v) is 2.54. The molecule has 0 unspecified atom stereocenters. The molecule has 0 fully saturated rings. The minimum atomic E-state index is 0. The minimum Gasteiger partial charge on any atom is -0.351 e. The van der Waals surface area contributed by atoms with Gasteiger partial charge in [0, 0.05) is 39.6 Å². The van der Waals surface area contributed by atoms with E-state index < -0.39 is 0 Å². The van der Waals surface area contributed by atoms with E-state index in [9.17, 15) is 0 Å². The highest BCUT2D eigenvalue weighted by atomic mass is 127. The maximum absolute atomic E-state index is 6.02. The number of nitrogens with zero attached hydrogens (tertiary/aromatic N) is 6. The van der Waals surface area contributed by atoms with E-state index in [0.29, 0.717) is 13.1 Å². The van der Waals surface area contributed by atoms with Gasteiger partial charge in [-0.2, -0.15) is 0 Å². The van der Waals surface area contributed by atoms with Crippen LogP contribution in [0.4, 0.5) is 0 Å². The molecular weight excluding hydrogens is 429 g/mol. The number of nitrogens with one attached hydrogen (secondary N) is 1. The Morgan fingerprint density at radius 3 is 2.78 bits per heavy atom. The van der Waals surface area contributed by atoms with Crippen LogP contribution in [0.5, 0.6) is 0 Å². The number of aryl methyl sites for hydroxylation is 2. The second kappa shape index (κ2) is 9.11. The summed E-state index contributed by atoms with van der Waals surface area (Å²) in [4.78, 5) is 6.35. The number of rotatable bonds is 5. The molecule has 0 saturated carbocycles. The zero-order chi connectivity index (χ0) is 16.1. The van der Waals surface area contributed by atoms with Crippen molar-refractivity contribution in [2.75, 3.05) is 14.1 Å². The lowest BCUT2D eigenvalue weighted by atomic mass is 10.4. The Bertz CT molecular complexity index is 649. The van der Waals surface area contributed by atoms with E-state index in [1.807, 2.05) is 40.4 Å². The molecule has 9 heteroatoms. The summed E-state index contributed by atoms with van der Waals surface area (Å²) in [6, 6.07) is 1.96. The summed E-state index contributed by atoms with van der Waals surface area (Å²) in [6.45, 7) is 4.20. The first-order chi connectivity index (χ1) is 10.5. The summed E-state index contributed by atoms with van der Waals surface area (Å²) >= 11 is 6.02. The van der Waals surface area contributed by atoms with E-state index in [0.717, 1.165) is 29.0 Å². The molecule has 0 aliphatic carbocycles. The van der Waals surface area contributed by atoms with Crippen LogP contribution in [0.2, 0.25) is 5.02 Å². The van der Waals surface area contributed by atoms with Crippen LogP contribution in [-0.4, -0.2) is 44.3 Å². The molecule has 0 bridgehead atoms. The summed E-state index contributed by atoms with van der Waals surface area (Å²) in [5.74, 6) is 1.68. The van der Waals surface area contributed by atoms with Crippen molar-refractivity contribution < 1.29 is 0 Å². The minimum absolute atomic E-state index is 0. The lowest BCUT2D eigenvalue weighted by molar-refractivity contribution is 0.459.